The number of hydrogen-bond donors (Lipinski definition) is 2. The molecule has 1 amide bonds. The van der Waals surface area contributed by atoms with E-state index in [4.69, 9.17) is 0 Å². The van der Waals surface area contributed by atoms with E-state index in [1.807, 2.05) is 43.3 Å². The van der Waals surface area contributed by atoms with Crippen molar-refractivity contribution in [1.82, 2.24) is 20.3 Å². The van der Waals surface area contributed by atoms with Crippen molar-refractivity contribution in [3.05, 3.63) is 78.0 Å². The number of carbonyl (C=O) groups excluding carboxylic acids is 1. The zero-order valence-electron chi connectivity index (χ0n) is 13.2. The molecule has 3 aromatic rings. The average Bonchev–Trinajstić information content (AvgIpc) is 2.63. The quantitative estimate of drug-likeness (QED) is 0.756. The summed E-state index contributed by atoms with van der Waals surface area (Å²) >= 11 is 0. The van der Waals surface area contributed by atoms with E-state index in [0.29, 0.717) is 12.4 Å². The van der Waals surface area contributed by atoms with Gasteiger partial charge in [-0.25, -0.2) is 9.97 Å². The van der Waals surface area contributed by atoms with E-state index in [1.54, 1.807) is 18.6 Å². The number of aromatic nitrogens is 3. The van der Waals surface area contributed by atoms with Gasteiger partial charge in [-0.3, -0.25) is 9.78 Å². The van der Waals surface area contributed by atoms with Crippen LogP contribution in [0.2, 0.25) is 0 Å². The predicted octanol–water partition coefficient (Wildman–Crippen LogP) is 2.85. The Morgan fingerprint density at radius 2 is 1.83 bits per heavy atom. The van der Waals surface area contributed by atoms with Crippen LogP contribution in [0.4, 0.5) is 11.5 Å². The number of rotatable bonds is 5. The maximum Gasteiger partial charge on any atom is 0.271 e. The molecule has 0 spiro atoms. The van der Waals surface area contributed by atoms with E-state index in [2.05, 4.69) is 25.6 Å². The minimum atomic E-state index is -0.262. The first kappa shape index (κ1) is 15.6. The van der Waals surface area contributed by atoms with Gasteiger partial charge in [0, 0.05) is 24.6 Å². The van der Waals surface area contributed by atoms with Crippen LogP contribution in [0.25, 0.3) is 0 Å². The van der Waals surface area contributed by atoms with Crippen molar-refractivity contribution >= 4 is 17.4 Å². The summed E-state index contributed by atoms with van der Waals surface area (Å²) in [4.78, 5) is 24.4. The summed E-state index contributed by atoms with van der Waals surface area (Å²) in [6.07, 6.45) is 6.39. The fourth-order valence-corrected chi connectivity index (χ4v) is 2.13. The van der Waals surface area contributed by atoms with E-state index >= 15 is 0 Å². The normalized spacial score (nSPS) is 10.2. The first-order chi connectivity index (χ1) is 11.7. The van der Waals surface area contributed by atoms with Gasteiger partial charge in [0.2, 0.25) is 0 Å². The highest BCUT2D eigenvalue weighted by molar-refractivity contribution is 5.92. The minimum absolute atomic E-state index is 0.262. The number of hydrogen-bond acceptors (Lipinski definition) is 5. The lowest BCUT2D eigenvalue weighted by Gasteiger charge is -2.09. The van der Waals surface area contributed by atoms with Gasteiger partial charge in [0.15, 0.2) is 0 Å². The minimum Gasteiger partial charge on any atom is -0.347 e. The Morgan fingerprint density at radius 1 is 1.04 bits per heavy atom. The summed E-state index contributed by atoms with van der Waals surface area (Å²) < 4.78 is 0. The maximum atomic E-state index is 12.1. The number of para-hydroxylation sites is 1. The van der Waals surface area contributed by atoms with Gasteiger partial charge in [0.05, 0.1) is 12.4 Å². The highest BCUT2D eigenvalue weighted by Gasteiger charge is 2.08. The average molecular weight is 319 g/mol. The molecule has 0 saturated carbocycles. The number of amides is 1. The second kappa shape index (κ2) is 7.32. The Bertz CT molecular complexity index is 818. The molecule has 0 fully saturated rings. The number of nitrogens with one attached hydrogen (secondary N) is 2. The van der Waals surface area contributed by atoms with Gasteiger partial charge in [0.1, 0.15) is 11.5 Å². The van der Waals surface area contributed by atoms with E-state index in [-0.39, 0.29) is 11.6 Å². The molecular formula is C18H17N5O. The Hall–Kier alpha value is -3.28. The molecule has 2 heterocycles. The summed E-state index contributed by atoms with van der Waals surface area (Å²) in [6, 6.07) is 11.6. The second-order valence-corrected chi connectivity index (χ2v) is 5.26. The molecule has 0 bridgehead atoms. The first-order valence-electron chi connectivity index (χ1n) is 7.54. The molecule has 120 valence electrons. The van der Waals surface area contributed by atoms with Crippen LogP contribution < -0.4 is 10.6 Å². The van der Waals surface area contributed by atoms with E-state index in [9.17, 15) is 4.79 Å². The van der Waals surface area contributed by atoms with Crippen molar-refractivity contribution in [2.24, 2.45) is 0 Å². The lowest BCUT2D eigenvalue weighted by Crippen LogP contribution is -2.24. The van der Waals surface area contributed by atoms with Crippen molar-refractivity contribution in [1.29, 1.82) is 0 Å². The van der Waals surface area contributed by atoms with Crippen LogP contribution in [0.5, 0.6) is 0 Å². The zero-order valence-corrected chi connectivity index (χ0v) is 13.2. The molecule has 0 saturated heterocycles. The highest BCUT2D eigenvalue weighted by Crippen LogP contribution is 2.17. The molecule has 0 aliphatic heterocycles. The fraction of sp³-hybridized carbons (Fsp3) is 0.111. The van der Waals surface area contributed by atoms with Crippen molar-refractivity contribution in [3.8, 4) is 0 Å². The monoisotopic (exact) mass is 319 g/mol. The first-order valence-corrected chi connectivity index (χ1v) is 7.54. The Balaban J connectivity index is 1.61. The summed E-state index contributed by atoms with van der Waals surface area (Å²) in [6.45, 7) is 2.43. The number of carbonyl (C=O) groups is 1. The van der Waals surface area contributed by atoms with Crippen LogP contribution in [0.1, 0.15) is 21.6 Å². The van der Waals surface area contributed by atoms with Crippen molar-refractivity contribution in [3.63, 3.8) is 0 Å². The summed E-state index contributed by atoms with van der Waals surface area (Å²) in [5.74, 6) is 0.330. The molecule has 6 heteroatoms. The smallest absolute Gasteiger partial charge is 0.271 e. The van der Waals surface area contributed by atoms with E-state index in [0.717, 1.165) is 16.8 Å². The number of anilines is 2. The number of nitrogens with zero attached hydrogens (tertiary/aromatic N) is 3. The predicted molar refractivity (Wildman–Crippen MR) is 91.9 cm³/mol. The number of pyridine rings is 1. The number of aryl methyl sites for hydroxylation is 1. The summed E-state index contributed by atoms with van der Waals surface area (Å²) in [5, 5.41) is 5.99. The molecule has 0 aliphatic rings. The van der Waals surface area contributed by atoms with E-state index < -0.39 is 0 Å². The molecule has 24 heavy (non-hydrogen) atoms. The Labute approximate surface area is 140 Å². The standard InChI is InChI=1S/C18H17N5O/c1-13-4-2-3-5-15(13)23-17-12-20-16(11-21-17)18(24)22-10-14-6-8-19-9-7-14/h2-9,11-12H,10H2,1H3,(H,21,23)(H,22,24). The van der Waals surface area contributed by atoms with Crippen LogP contribution in [0.15, 0.2) is 61.2 Å². The molecular weight excluding hydrogens is 302 g/mol. The summed E-state index contributed by atoms with van der Waals surface area (Å²) in [5.41, 5.74) is 3.32. The van der Waals surface area contributed by atoms with E-state index in [1.165, 1.54) is 6.20 Å². The van der Waals surface area contributed by atoms with Crippen molar-refractivity contribution in [2.45, 2.75) is 13.5 Å². The van der Waals surface area contributed by atoms with Crippen molar-refractivity contribution in [2.75, 3.05) is 5.32 Å². The van der Waals surface area contributed by atoms with Gasteiger partial charge >= 0.3 is 0 Å². The lowest BCUT2D eigenvalue weighted by atomic mass is 10.2. The third kappa shape index (κ3) is 3.92. The molecule has 0 radical (unpaired) electrons. The van der Waals surface area contributed by atoms with Crippen LogP contribution >= 0.6 is 0 Å². The fourth-order valence-electron chi connectivity index (χ4n) is 2.13. The molecule has 2 aromatic heterocycles. The van der Waals surface area contributed by atoms with Gasteiger partial charge in [-0.05, 0) is 36.2 Å². The van der Waals surface area contributed by atoms with Crippen molar-refractivity contribution < 1.29 is 4.79 Å². The molecule has 6 nitrogen and oxygen atoms in total. The van der Waals surface area contributed by atoms with Crippen LogP contribution in [-0.2, 0) is 6.54 Å². The molecule has 1 aromatic carbocycles. The summed E-state index contributed by atoms with van der Waals surface area (Å²) in [7, 11) is 0. The topological polar surface area (TPSA) is 79.8 Å². The van der Waals surface area contributed by atoms with Crippen LogP contribution in [0, 0.1) is 6.92 Å². The molecule has 0 unspecified atom stereocenters. The zero-order chi connectivity index (χ0) is 16.8. The van der Waals surface area contributed by atoms with Gasteiger partial charge in [0.25, 0.3) is 5.91 Å². The third-order valence-electron chi connectivity index (χ3n) is 3.49. The Morgan fingerprint density at radius 3 is 2.54 bits per heavy atom. The molecule has 3 rings (SSSR count). The largest absolute Gasteiger partial charge is 0.347 e. The maximum absolute atomic E-state index is 12.1. The number of benzene rings is 1. The van der Waals surface area contributed by atoms with Gasteiger partial charge < -0.3 is 10.6 Å². The van der Waals surface area contributed by atoms with Gasteiger partial charge in [-0.2, -0.15) is 0 Å². The third-order valence-corrected chi connectivity index (χ3v) is 3.49. The van der Waals surface area contributed by atoms with Gasteiger partial charge in [-0.15, -0.1) is 0 Å². The molecule has 0 aliphatic carbocycles. The Kier molecular flexibility index (Phi) is 4.76. The lowest BCUT2D eigenvalue weighted by molar-refractivity contribution is 0.0945. The van der Waals surface area contributed by atoms with Crippen LogP contribution in [0.3, 0.4) is 0 Å². The molecule has 0 atom stereocenters. The highest BCUT2D eigenvalue weighted by atomic mass is 16.1. The van der Waals surface area contributed by atoms with Gasteiger partial charge in [-0.1, -0.05) is 18.2 Å². The second-order valence-electron chi connectivity index (χ2n) is 5.26. The SMILES string of the molecule is Cc1ccccc1Nc1cnc(C(=O)NCc2ccncc2)cn1. The van der Waals surface area contributed by atoms with Crippen LogP contribution in [-0.4, -0.2) is 20.9 Å². The molecule has 2 N–H and O–H groups in total.